The molecule has 0 aliphatic rings. The lowest BCUT2D eigenvalue weighted by molar-refractivity contribution is 0.100. The second kappa shape index (κ2) is 4.88. The number of nitrogens with zero attached hydrogens (tertiary/aromatic N) is 2. The third kappa shape index (κ3) is 2.19. The van der Waals surface area contributed by atoms with Crippen LogP contribution in [0, 0.1) is 0 Å². The zero-order valence-electron chi connectivity index (χ0n) is 10.9. The van der Waals surface area contributed by atoms with Crippen LogP contribution in [0.2, 0.25) is 0 Å². The summed E-state index contributed by atoms with van der Waals surface area (Å²) in [6, 6.07) is 6.49. The van der Waals surface area contributed by atoms with Crippen LogP contribution in [0.25, 0.3) is 22.2 Å². The molecule has 5 N–H and O–H groups in total. The van der Waals surface area contributed by atoms with E-state index < -0.39 is 5.91 Å². The van der Waals surface area contributed by atoms with Crippen LogP contribution in [-0.4, -0.2) is 21.0 Å². The summed E-state index contributed by atoms with van der Waals surface area (Å²) in [4.78, 5) is 19.7. The van der Waals surface area contributed by atoms with E-state index in [0.29, 0.717) is 28.0 Å². The SMILES string of the molecule is NC(=O)c1cc2c(N)ncnc2cc1-c1ccc(CO)o1. The van der Waals surface area contributed by atoms with E-state index in [0.717, 1.165) is 0 Å². The molecule has 0 aliphatic heterocycles. The minimum atomic E-state index is -0.614. The lowest BCUT2D eigenvalue weighted by Crippen LogP contribution is -2.12. The maximum atomic E-state index is 11.7. The van der Waals surface area contributed by atoms with Crippen LogP contribution in [0.1, 0.15) is 16.1 Å². The number of nitrogen functional groups attached to an aromatic ring is 1. The molecule has 21 heavy (non-hydrogen) atoms. The predicted octanol–water partition coefficient (Wildman–Crippen LogP) is 1.06. The smallest absolute Gasteiger partial charge is 0.249 e. The van der Waals surface area contributed by atoms with Crippen molar-refractivity contribution in [2.24, 2.45) is 5.73 Å². The lowest BCUT2D eigenvalue weighted by Gasteiger charge is -2.07. The summed E-state index contributed by atoms with van der Waals surface area (Å²) in [7, 11) is 0. The van der Waals surface area contributed by atoms with Gasteiger partial charge in [0.2, 0.25) is 5.91 Å². The maximum Gasteiger partial charge on any atom is 0.249 e. The molecule has 1 amide bonds. The molecule has 7 heteroatoms. The van der Waals surface area contributed by atoms with Crippen molar-refractivity contribution >= 4 is 22.6 Å². The Balaban J connectivity index is 2.29. The predicted molar refractivity (Wildman–Crippen MR) is 76.1 cm³/mol. The minimum Gasteiger partial charge on any atom is -0.459 e. The van der Waals surface area contributed by atoms with Crippen molar-refractivity contribution in [2.45, 2.75) is 6.61 Å². The summed E-state index contributed by atoms with van der Waals surface area (Å²) in [6.07, 6.45) is 1.34. The van der Waals surface area contributed by atoms with Gasteiger partial charge in [-0.25, -0.2) is 9.97 Å². The number of carbonyl (C=O) groups excluding carboxylic acids is 1. The lowest BCUT2D eigenvalue weighted by atomic mass is 10.0. The zero-order chi connectivity index (χ0) is 15.0. The van der Waals surface area contributed by atoms with Crippen molar-refractivity contribution in [1.82, 2.24) is 9.97 Å². The van der Waals surface area contributed by atoms with E-state index in [1.165, 1.54) is 6.33 Å². The van der Waals surface area contributed by atoms with E-state index in [1.807, 2.05) is 0 Å². The topological polar surface area (TPSA) is 128 Å². The minimum absolute atomic E-state index is 0.228. The van der Waals surface area contributed by atoms with Gasteiger partial charge in [-0.3, -0.25) is 4.79 Å². The number of aromatic nitrogens is 2. The van der Waals surface area contributed by atoms with Crippen LogP contribution in [0.5, 0.6) is 0 Å². The molecule has 3 aromatic rings. The van der Waals surface area contributed by atoms with Crippen LogP contribution < -0.4 is 11.5 Å². The zero-order valence-corrected chi connectivity index (χ0v) is 10.9. The first-order valence-corrected chi connectivity index (χ1v) is 6.14. The first-order chi connectivity index (χ1) is 10.1. The first kappa shape index (κ1) is 13.1. The molecule has 0 fully saturated rings. The number of aliphatic hydroxyl groups excluding tert-OH is 1. The Morgan fingerprint density at radius 1 is 1.29 bits per heavy atom. The largest absolute Gasteiger partial charge is 0.459 e. The van der Waals surface area contributed by atoms with E-state index in [4.69, 9.17) is 21.0 Å². The van der Waals surface area contributed by atoms with Crippen LogP contribution in [0.3, 0.4) is 0 Å². The molecular formula is C14H12N4O3. The van der Waals surface area contributed by atoms with Crippen molar-refractivity contribution in [3.63, 3.8) is 0 Å². The number of primary amides is 1. The molecule has 0 unspecified atom stereocenters. The van der Waals surface area contributed by atoms with Gasteiger partial charge in [0.15, 0.2) is 0 Å². The maximum absolute atomic E-state index is 11.7. The summed E-state index contributed by atoms with van der Waals surface area (Å²) in [6.45, 7) is -0.228. The molecule has 0 aliphatic carbocycles. The molecule has 1 aromatic carbocycles. The van der Waals surface area contributed by atoms with Gasteiger partial charge in [0.1, 0.15) is 30.3 Å². The normalized spacial score (nSPS) is 10.9. The number of benzene rings is 1. The van der Waals surface area contributed by atoms with Crippen molar-refractivity contribution in [1.29, 1.82) is 0 Å². The molecule has 0 bridgehead atoms. The Kier molecular flexibility index (Phi) is 3.03. The third-order valence-corrected chi connectivity index (χ3v) is 3.15. The molecule has 106 valence electrons. The van der Waals surface area contributed by atoms with E-state index in [1.54, 1.807) is 24.3 Å². The van der Waals surface area contributed by atoms with Gasteiger partial charge in [-0.2, -0.15) is 0 Å². The number of furan rings is 1. The number of rotatable bonds is 3. The molecule has 7 nitrogen and oxygen atoms in total. The van der Waals surface area contributed by atoms with Crippen molar-refractivity contribution in [2.75, 3.05) is 5.73 Å². The fourth-order valence-corrected chi connectivity index (χ4v) is 2.14. The number of hydrogen-bond donors (Lipinski definition) is 3. The van der Waals surface area contributed by atoms with Gasteiger partial charge < -0.3 is 21.0 Å². The molecule has 0 radical (unpaired) electrons. The van der Waals surface area contributed by atoms with Crippen LogP contribution in [0.4, 0.5) is 5.82 Å². The van der Waals surface area contributed by atoms with Gasteiger partial charge in [0, 0.05) is 10.9 Å². The first-order valence-electron chi connectivity index (χ1n) is 6.14. The summed E-state index contributed by atoms with van der Waals surface area (Å²) in [5.74, 6) is 0.469. The number of aliphatic hydroxyl groups is 1. The summed E-state index contributed by atoms with van der Waals surface area (Å²) in [5, 5.41) is 9.61. The van der Waals surface area contributed by atoms with Crippen molar-refractivity contribution in [3.8, 4) is 11.3 Å². The van der Waals surface area contributed by atoms with E-state index >= 15 is 0 Å². The number of hydrogen-bond acceptors (Lipinski definition) is 6. The fourth-order valence-electron chi connectivity index (χ4n) is 2.14. The van der Waals surface area contributed by atoms with Crippen molar-refractivity contribution < 1.29 is 14.3 Å². The Bertz CT molecular complexity index is 841. The highest BCUT2D eigenvalue weighted by atomic mass is 16.4. The van der Waals surface area contributed by atoms with Gasteiger partial charge >= 0.3 is 0 Å². The van der Waals surface area contributed by atoms with Crippen LogP contribution in [-0.2, 0) is 6.61 Å². The second-order valence-corrected chi connectivity index (χ2v) is 4.46. The molecular weight excluding hydrogens is 272 g/mol. The number of amides is 1. The van der Waals surface area contributed by atoms with Gasteiger partial charge in [0.05, 0.1) is 11.1 Å². The van der Waals surface area contributed by atoms with E-state index in [9.17, 15) is 4.79 Å². The summed E-state index contributed by atoms with van der Waals surface area (Å²) >= 11 is 0. The Morgan fingerprint density at radius 3 is 2.76 bits per heavy atom. The molecule has 0 saturated heterocycles. The fraction of sp³-hybridized carbons (Fsp3) is 0.0714. The number of carbonyl (C=O) groups is 1. The third-order valence-electron chi connectivity index (χ3n) is 3.15. The Labute approximate surface area is 119 Å². The monoisotopic (exact) mass is 284 g/mol. The van der Waals surface area contributed by atoms with E-state index in [-0.39, 0.29) is 18.0 Å². The highest BCUT2D eigenvalue weighted by Crippen LogP contribution is 2.30. The average Bonchev–Trinajstić information content (AvgIpc) is 2.95. The molecule has 0 spiro atoms. The van der Waals surface area contributed by atoms with Gasteiger partial charge in [-0.1, -0.05) is 0 Å². The molecule has 0 saturated carbocycles. The standard InChI is InChI=1S/C14H12N4O3/c15-13-10-3-9(14(16)20)8(4-11(10)17-6-18-13)12-2-1-7(5-19)21-12/h1-4,6,19H,5H2,(H2,16,20)(H2,15,17,18). The Hall–Kier alpha value is -2.93. The molecule has 2 heterocycles. The van der Waals surface area contributed by atoms with Crippen LogP contribution >= 0.6 is 0 Å². The highest BCUT2D eigenvalue weighted by Gasteiger charge is 2.16. The summed E-state index contributed by atoms with van der Waals surface area (Å²) < 4.78 is 5.46. The number of fused-ring (bicyclic) bond motifs is 1. The number of nitrogens with two attached hydrogens (primary N) is 2. The van der Waals surface area contributed by atoms with Gasteiger partial charge in [0.25, 0.3) is 0 Å². The van der Waals surface area contributed by atoms with E-state index in [2.05, 4.69) is 9.97 Å². The van der Waals surface area contributed by atoms with Gasteiger partial charge in [-0.05, 0) is 24.3 Å². The molecule has 2 aromatic heterocycles. The molecule has 0 atom stereocenters. The summed E-state index contributed by atoms with van der Waals surface area (Å²) in [5.41, 5.74) is 12.5. The van der Waals surface area contributed by atoms with Crippen molar-refractivity contribution in [3.05, 3.63) is 41.9 Å². The van der Waals surface area contributed by atoms with Gasteiger partial charge in [-0.15, -0.1) is 0 Å². The molecule has 3 rings (SSSR count). The second-order valence-electron chi connectivity index (χ2n) is 4.46. The highest BCUT2D eigenvalue weighted by molar-refractivity contribution is 6.05. The Morgan fingerprint density at radius 2 is 2.10 bits per heavy atom. The van der Waals surface area contributed by atoms with Crippen LogP contribution in [0.15, 0.2) is 35.0 Å². The number of anilines is 1. The average molecular weight is 284 g/mol. The quantitative estimate of drug-likeness (QED) is 0.659.